The van der Waals surface area contributed by atoms with E-state index in [1.165, 1.54) is 76.6 Å². The molecule has 0 saturated heterocycles. The van der Waals surface area contributed by atoms with E-state index in [1.54, 1.807) is 0 Å². The van der Waals surface area contributed by atoms with E-state index < -0.39 is 0 Å². The highest BCUT2D eigenvalue weighted by Crippen LogP contribution is 2.35. The second kappa shape index (κ2) is 7.62. The van der Waals surface area contributed by atoms with Crippen LogP contribution in [0.25, 0.3) is 87.7 Å². The Hall–Kier alpha value is -5.28. The molecule has 3 nitrogen and oxygen atoms in total. The van der Waals surface area contributed by atoms with E-state index in [-0.39, 0.29) is 0 Å². The molecule has 182 valence electrons. The fourth-order valence-corrected chi connectivity index (χ4v) is 6.34. The lowest BCUT2D eigenvalue weighted by Gasteiger charge is -2.03. The Morgan fingerprint density at radius 2 is 0.538 bits per heavy atom. The predicted molar refractivity (Wildman–Crippen MR) is 165 cm³/mol. The fraction of sp³-hybridized carbons (Fsp3) is 0. The van der Waals surface area contributed by atoms with Gasteiger partial charge in [-0.2, -0.15) is 0 Å². The SMILES string of the molecule is c1ccc2c(c1)[nH]c1cc(-c3ccc4c(c3)[nH]c3cc(-c5ccc6c(c5)[nH]c5ccccc56)ccc34)ccc12. The third-order valence-electron chi connectivity index (χ3n) is 8.28. The molecule has 0 unspecified atom stereocenters. The van der Waals surface area contributed by atoms with Gasteiger partial charge in [0.1, 0.15) is 0 Å². The Labute approximate surface area is 223 Å². The second-order valence-electron chi connectivity index (χ2n) is 10.5. The molecule has 0 aliphatic heterocycles. The zero-order chi connectivity index (χ0) is 25.5. The molecule has 0 amide bonds. The van der Waals surface area contributed by atoms with Gasteiger partial charge in [0, 0.05) is 65.4 Å². The first kappa shape index (κ1) is 20.7. The Morgan fingerprint density at radius 1 is 0.256 bits per heavy atom. The standard InChI is InChI=1S/C36H23N3/c1-3-7-31-25(5-1)27-13-9-21(17-33(27)37-31)23-11-15-29-30-16-12-24(20-36(30)39-35(29)19-23)22-10-14-28-26-6-2-4-8-32(26)38-34(28)18-22/h1-20,37-39H. The molecule has 0 bridgehead atoms. The van der Waals surface area contributed by atoms with Gasteiger partial charge in [-0.05, 0) is 58.7 Å². The zero-order valence-electron chi connectivity index (χ0n) is 21.0. The third kappa shape index (κ3) is 3.04. The summed E-state index contributed by atoms with van der Waals surface area (Å²) < 4.78 is 0. The Kier molecular flexibility index (Phi) is 4.05. The third-order valence-corrected chi connectivity index (χ3v) is 8.28. The van der Waals surface area contributed by atoms with Crippen molar-refractivity contribution in [1.29, 1.82) is 0 Å². The van der Waals surface area contributed by atoms with Gasteiger partial charge in [0.15, 0.2) is 0 Å². The molecule has 3 aromatic heterocycles. The van der Waals surface area contributed by atoms with Crippen LogP contribution in [0.15, 0.2) is 121 Å². The van der Waals surface area contributed by atoms with Crippen molar-refractivity contribution in [1.82, 2.24) is 15.0 Å². The van der Waals surface area contributed by atoms with Crippen LogP contribution in [0.5, 0.6) is 0 Å². The van der Waals surface area contributed by atoms with Crippen molar-refractivity contribution in [2.75, 3.05) is 0 Å². The van der Waals surface area contributed by atoms with Crippen LogP contribution in [0.2, 0.25) is 0 Å². The first-order valence-electron chi connectivity index (χ1n) is 13.4. The number of rotatable bonds is 2. The Balaban J connectivity index is 1.14. The van der Waals surface area contributed by atoms with Crippen molar-refractivity contribution in [3.8, 4) is 22.3 Å². The summed E-state index contributed by atoms with van der Waals surface area (Å²) in [6.07, 6.45) is 0. The largest absolute Gasteiger partial charge is 0.354 e. The van der Waals surface area contributed by atoms with Gasteiger partial charge in [-0.25, -0.2) is 0 Å². The van der Waals surface area contributed by atoms with Crippen molar-refractivity contribution in [2.45, 2.75) is 0 Å². The maximum Gasteiger partial charge on any atom is 0.0471 e. The number of benzene rings is 6. The molecule has 0 saturated carbocycles. The second-order valence-corrected chi connectivity index (χ2v) is 10.5. The number of H-pyrrole nitrogens is 3. The normalized spacial score (nSPS) is 12.1. The Morgan fingerprint density at radius 3 is 0.897 bits per heavy atom. The molecule has 0 radical (unpaired) electrons. The molecule has 0 aliphatic rings. The van der Waals surface area contributed by atoms with Crippen molar-refractivity contribution < 1.29 is 0 Å². The number of aromatic amines is 3. The van der Waals surface area contributed by atoms with Gasteiger partial charge in [0.05, 0.1) is 0 Å². The van der Waals surface area contributed by atoms with Crippen LogP contribution in [0.1, 0.15) is 0 Å². The summed E-state index contributed by atoms with van der Waals surface area (Å²) in [5, 5.41) is 7.56. The Bertz CT molecular complexity index is 2230. The van der Waals surface area contributed by atoms with Crippen molar-refractivity contribution >= 4 is 65.4 Å². The lowest BCUT2D eigenvalue weighted by atomic mass is 10.0. The zero-order valence-corrected chi connectivity index (χ0v) is 21.0. The van der Waals surface area contributed by atoms with Gasteiger partial charge in [0.2, 0.25) is 0 Å². The number of aromatic nitrogens is 3. The molecule has 3 N–H and O–H groups in total. The molecular formula is C36H23N3. The van der Waals surface area contributed by atoms with Crippen molar-refractivity contribution in [3.63, 3.8) is 0 Å². The van der Waals surface area contributed by atoms with E-state index in [0.717, 1.165) is 11.0 Å². The first-order valence-corrected chi connectivity index (χ1v) is 13.4. The van der Waals surface area contributed by atoms with E-state index in [4.69, 9.17) is 0 Å². The minimum Gasteiger partial charge on any atom is -0.354 e. The maximum absolute atomic E-state index is 3.70. The lowest BCUT2D eigenvalue weighted by Crippen LogP contribution is -1.79. The quantitative estimate of drug-likeness (QED) is 0.213. The number of nitrogens with one attached hydrogen (secondary N) is 3. The smallest absolute Gasteiger partial charge is 0.0471 e. The monoisotopic (exact) mass is 497 g/mol. The van der Waals surface area contributed by atoms with Crippen LogP contribution >= 0.6 is 0 Å². The number of hydrogen-bond donors (Lipinski definition) is 3. The lowest BCUT2D eigenvalue weighted by molar-refractivity contribution is 1.52. The molecule has 9 aromatic rings. The summed E-state index contributed by atoms with van der Waals surface area (Å²) in [5.41, 5.74) is 11.8. The summed E-state index contributed by atoms with van der Waals surface area (Å²) in [6.45, 7) is 0. The summed E-state index contributed by atoms with van der Waals surface area (Å²) in [7, 11) is 0. The number of fused-ring (bicyclic) bond motifs is 9. The van der Waals surface area contributed by atoms with E-state index >= 15 is 0 Å². The first-order chi connectivity index (χ1) is 19.3. The van der Waals surface area contributed by atoms with Gasteiger partial charge in [-0.1, -0.05) is 84.9 Å². The van der Waals surface area contributed by atoms with Crippen LogP contribution in [-0.4, -0.2) is 15.0 Å². The molecule has 0 spiro atoms. The van der Waals surface area contributed by atoms with Crippen LogP contribution in [0, 0.1) is 0 Å². The van der Waals surface area contributed by atoms with Crippen molar-refractivity contribution in [3.05, 3.63) is 121 Å². The number of para-hydroxylation sites is 2. The van der Waals surface area contributed by atoms with Crippen LogP contribution < -0.4 is 0 Å². The van der Waals surface area contributed by atoms with Crippen molar-refractivity contribution in [2.24, 2.45) is 0 Å². The average Bonchev–Trinajstić information content (AvgIpc) is 3.66. The molecule has 6 aromatic carbocycles. The minimum absolute atomic E-state index is 1.16. The maximum atomic E-state index is 3.70. The number of hydrogen-bond acceptors (Lipinski definition) is 0. The highest BCUT2D eigenvalue weighted by Gasteiger charge is 2.11. The van der Waals surface area contributed by atoms with Gasteiger partial charge in [0.25, 0.3) is 0 Å². The summed E-state index contributed by atoms with van der Waals surface area (Å²) in [5.74, 6) is 0. The van der Waals surface area contributed by atoms with Crippen LogP contribution in [-0.2, 0) is 0 Å². The molecule has 39 heavy (non-hydrogen) atoms. The van der Waals surface area contributed by atoms with Gasteiger partial charge in [-0.3, -0.25) is 0 Å². The molecule has 0 aliphatic carbocycles. The van der Waals surface area contributed by atoms with E-state index in [0.29, 0.717) is 0 Å². The average molecular weight is 498 g/mol. The van der Waals surface area contributed by atoms with E-state index in [1.807, 2.05) is 0 Å². The predicted octanol–water partition coefficient (Wildman–Crippen LogP) is 9.92. The molecule has 0 fully saturated rings. The van der Waals surface area contributed by atoms with Gasteiger partial charge in [-0.15, -0.1) is 0 Å². The summed E-state index contributed by atoms with van der Waals surface area (Å²) in [4.78, 5) is 10.9. The topological polar surface area (TPSA) is 47.4 Å². The highest BCUT2D eigenvalue weighted by molar-refractivity contribution is 6.11. The summed E-state index contributed by atoms with van der Waals surface area (Å²) in [6, 6.07) is 43.9. The highest BCUT2D eigenvalue weighted by atomic mass is 14.7. The van der Waals surface area contributed by atoms with Crippen LogP contribution in [0.4, 0.5) is 0 Å². The molecular weight excluding hydrogens is 474 g/mol. The van der Waals surface area contributed by atoms with Gasteiger partial charge >= 0.3 is 0 Å². The molecule has 3 heteroatoms. The van der Waals surface area contributed by atoms with Crippen LogP contribution in [0.3, 0.4) is 0 Å². The summed E-state index contributed by atoms with van der Waals surface area (Å²) >= 11 is 0. The van der Waals surface area contributed by atoms with E-state index in [9.17, 15) is 0 Å². The van der Waals surface area contributed by atoms with Gasteiger partial charge < -0.3 is 15.0 Å². The minimum atomic E-state index is 1.16. The van der Waals surface area contributed by atoms with E-state index in [2.05, 4.69) is 136 Å². The molecule has 0 atom stereocenters. The molecule has 3 heterocycles. The molecule has 9 rings (SSSR count). The fourth-order valence-electron chi connectivity index (χ4n) is 6.34.